The smallest absolute Gasteiger partial charge is 0.224 e. The molecule has 0 aromatic heterocycles. The minimum Gasteiger partial charge on any atom is -0.399 e. The number of nitrogens with one attached hydrogen (secondary N) is 1. The van der Waals surface area contributed by atoms with Gasteiger partial charge in [0.05, 0.1) is 12.5 Å². The normalized spacial score (nSPS) is 16.9. The zero-order valence-corrected chi connectivity index (χ0v) is 13.9. The van der Waals surface area contributed by atoms with Crippen LogP contribution in [0.3, 0.4) is 0 Å². The molecule has 1 aliphatic rings. The number of nitrogens with two attached hydrogens (primary N) is 1. The topological polar surface area (TPSA) is 55.1 Å². The molecule has 0 aliphatic heterocycles. The van der Waals surface area contributed by atoms with Crippen molar-refractivity contribution in [1.82, 2.24) is 5.32 Å². The number of fused-ring (bicyclic) bond motifs is 1. The lowest BCUT2D eigenvalue weighted by Crippen LogP contribution is -2.32. The van der Waals surface area contributed by atoms with Crippen LogP contribution < -0.4 is 11.1 Å². The van der Waals surface area contributed by atoms with Gasteiger partial charge in [-0.15, -0.1) is 0 Å². The average molecular weight is 359 g/mol. The third-order valence-electron chi connectivity index (χ3n) is 4.13. The number of carbonyl (C=O) groups excluding carboxylic acids is 1. The van der Waals surface area contributed by atoms with Crippen molar-refractivity contribution in [3.63, 3.8) is 0 Å². The van der Waals surface area contributed by atoms with Gasteiger partial charge >= 0.3 is 0 Å². The average Bonchev–Trinajstić information content (AvgIpc) is 2.49. The number of halogens is 1. The SMILES string of the molecule is Nc1ccc2c(c1)CCCC2NC(=O)Cc1ccccc1Br. The maximum absolute atomic E-state index is 12.4. The maximum Gasteiger partial charge on any atom is 0.224 e. The molecule has 0 radical (unpaired) electrons. The molecule has 0 bridgehead atoms. The van der Waals surface area contributed by atoms with Crippen LogP contribution in [0, 0.1) is 0 Å². The Labute approximate surface area is 139 Å². The minimum atomic E-state index is 0.0570. The van der Waals surface area contributed by atoms with E-state index in [1.54, 1.807) is 0 Å². The molecule has 1 aliphatic carbocycles. The van der Waals surface area contributed by atoms with Crippen LogP contribution in [0.1, 0.15) is 35.6 Å². The summed E-state index contributed by atoms with van der Waals surface area (Å²) in [6.45, 7) is 0. The fourth-order valence-corrected chi connectivity index (χ4v) is 3.47. The van der Waals surface area contributed by atoms with Gasteiger partial charge in [0.1, 0.15) is 0 Å². The lowest BCUT2D eigenvalue weighted by atomic mass is 9.87. The molecule has 3 N–H and O–H groups in total. The van der Waals surface area contributed by atoms with Gasteiger partial charge in [-0.2, -0.15) is 0 Å². The van der Waals surface area contributed by atoms with Crippen LogP contribution in [0.5, 0.6) is 0 Å². The predicted octanol–water partition coefficient (Wildman–Crippen LogP) is 3.77. The van der Waals surface area contributed by atoms with Gasteiger partial charge in [-0.1, -0.05) is 40.2 Å². The van der Waals surface area contributed by atoms with Crippen molar-refractivity contribution in [2.24, 2.45) is 0 Å². The van der Waals surface area contributed by atoms with E-state index < -0.39 is 0 Å². The van der Waals surface area contributed by atoms with Gasteiger partial charge in [-0.25, -0.2) is 0 Å². The summed E-state index contributed by atoms with van der Waals surface area (Å²) < 4.78 is 0.974. The van der Waals surface area contributed by atoms with E-state index in [4.69, 9.17) is 5.73 Å². The Bertz CT molecular complexity index is 699. The first-order valence-corrected chi connectivity index (χ1v) is 8.34. The molecule has 4 heteroatoms. The summed E-state index contributed by atoms with van der Waals surface area (Å²) >= 11 is 3.49. The molecule has 0 fully saturated rings. The summed E-state index contributed by atoms with van der Waals surface area (Å²) in [5, 5.41) is 3.17. The first-order chi connectivity index (χ1) is 10.6. The van der Waals surface area contributed by atoms with Crippen LogP contribution in [0.15, 0.2) is 46.9 Å². The van der Waals surface area contributed by atoms with Crippen molar-refractivity contribution in [3.05, 3.63) is 63.6 Å². The van der Waals surface area contributed by atoms with E-state index in [9.17, 15) is 4.79 Å². The van der Waals surface area contributed by atoms with Gasteiger partial charge in [-0.05, 0) is 54.2 Å². The second-order valence-corrected chi connectivity index (χ2v) is 6.59. The summed E-state index contributed by atoms with van der Waals surface area (Å²) in [4.78, 5) is 12.4. The second kappa shape index (κ2) is 6.53. The summed E-state index contributed by atoms with van der Waals surface area (Å²) in [6.07, 6.45) is 3.49. The first kappa shape index (κ1) is 15.1. The van der Waals surface area contributed by atoms with Gasteiger partial charge in [0, 0.05) is 10.2 Å². The zero-order valence-electron chi connectivity index (χ0n) is 12.3. The Morgan fingerprint density at radius 1 is 1.27 bits per heavy atom. The maximum atomic E-state index is 12.4. The Morgan fingerprint density at radius 3 is 2.91 bits per heavy atom. The van der Waals surface area contributed by atoms with Crippen molar-refractivity contribution >= 4 is 27.5 Å². The van der Waals surface area contributed by atoms with Crippen molar-refractivity contribution in [2.75, 3.05) is 5.73 Å². The van der Waals surface area contributed by atoms with Gasteiger partial charge in [0.25, 0.3) is 0 Å². The van der Waals surface area contributed by atoms with Crippen molar-refractivity contribution in [1.29, 1.82) is 0 Å². The molecule has 3 rings (SSSR count). The molecular formula is C18H19BrN2O. The third-order valence-corrected chi connectivity index (χ3v) is 4.90. The molecule has 22 heavy (non-hydrogen) atoms. The number of nitrogen functional groups attached to an aromatic ring is 1. The summed E-state index contributed by atoms with van der Waals surface area (Å²) in [6, 6.07) is 13.9. The van der Waals surface area contributed by atoms with E-state index >= 15 is 0 Å². The van der Waals surface area contributed by atoms with Crippen LogP contribution in [0.25, 0.3) is 0 Å². The fraction of sp³-hybridized carbons (Fsp3) is 0.278. The molecule has 2 aromatic rings. The van der Waals surface area contributed by atoms with Crippen molar-refractivity contribution < 1.29 is 4.79 Å². The summed E-state index contributed by atoms with van der Waals surface area (Å²) in [7, 11) is 0. The van der Waals surface area contributed by atoms with E-state index in [1.165, 1.54) is 11.1 Å². The molecule has 3 nitrogen and oxygen atoms in total. The number of aryl methyl sites for hydroxylation is 1. The van der Waals surface area contributed by atoms with Gasteiger partial charge in [0.15, 0.2) is 0 Å². The van der Waals surface area contributed by atoms with E-state index in [0.29, 0.717) is 6.42 Å². The summed E-state index contributed by atoms with van der Waals surface area (Å²) in [5.41, 5.74) is 10.1. The monoisotopic (exact) mass is 358 g/mol. The van der Waals surface area contributed by atoms with Crippen LogP contribution in [-0.4, -0.2) is 5.91 Å². The lowest BCUT2D eigenvalue weighted by molar-refractivity contribution is -0.121. The number of hydrogen-bond acceptors (Lipinski definition) is 2. The molecule has 0 saturated heterocycles. The second-order valence-electron chi connectivity index (χ2n) is 5.74. The van der Waals surface area contributed by atoms with E-state index in [0.717, 1.165) is 35.0 Å². The molecule has 2 aromatic carbocycles. The highest BCUT2D eigenvalue weighted by molar-refractivity contribution is 9.10. The molecule has 0 saturated carbocycles. The highest BCUT2D eigenvalue weighted by Gasteiger charge is 2.22. The van der Waals surface area contributed by atoms with Crippen LogP contribution in [0.2, 0.25) is 0 Å². The largest absolute Gasteiger partial charge is 0.399 e. The quantitative estimate of drug-likeness (QED) is 0.820. The van der Waals surface area contributed by atoms with E-state index in [-0.39, 0.29) is 11.9 Å². The molecule has 1 atom stereocenters. The molecule has 1 unspecified atom stereocenters. The number of hydrogen-bond donors (Lipinski definition) is 2. The molecular weight excluding hydrogens is 340 g/mol. The molecule has 0 spiro atoms. The number of amides is 1. The Kier molecular flexibility index (Phi) is 4.48. The number of benzene rings is 2. The molecule has 114 valence electrons. The molecule has 0 heterocycles. The first-order valence-electron chi connectivity index (χ1n) is 7.54. The zero-order chi connectivity index (χ0) is 15.5. The van der Waals surface area contributed by atoms with E-state index in [2.05, 4.69) is 21.2 Å². The van der Waals surface area contributed by atoms with Gasteiger partial charge in [0.2, 0.25) is 5.91 Å². The number of carbonyl (C=O) groups is 1. The number of anilines is 1. The van der Waals surface area contributed by atoms with Crippen LogP contribution in [0.4, 0.5) is 5.69 Å². The van der Waals surface area contributed by atoms with Gasteiger partial charge in [-0.3, -0.25) is 4.79 Å². The molecule has 1 amide bonds. The standard InChI is InChI=1S/C18H19BrN2O/c19-16-6-2-1-4-13(16)11-18(22)21-17-7-3-5-12-10-14(20)8-9-15(12)17/h1-2,4,6,8-10,17H,3,5,7,11,20H2,(H,21,22). The van der Waals surface area contributed by atoms with Crippen LogP contribution in [-0.2, 0) is 17.6 Å². The number of rotatable bonds is 3. The third kappa shape index (κ3) is 3.33. The van der Waals surface area contributed by atoms with E-state index in [1.807, 2.05) is 42.5 Å². The highest BCUT2D eigenvalue weighted by atomic mass is 79.9. The Balaban J connectivity index is 1.72. The summed E-state index contributed by atoms with van der Waals surface area (Å²) in [5.74, 6) is 0.0570. The van der Waals surface area contributed by atoms with Crippen molar-refractivity contribution in [3.8, 4) is 0 Å². The Hall–Kier alpha value is -1.81. The van der Waals surface area contributed by atoms with Crippen molar-refractivity contribution in [2.45, 2.75) is 31.7 Å². The Morgan fingerprint density at radius 2 is 2.09 bits per heavy atom. The minimum absolute atomic E-state index is 0.0570. The van der Waals surface area contributed by atoms with Crippen LogP contribution >= 0.6 is 15.9 Å². The lowest BCUT2D eigenvalue weighted by Gasteiger charge is -2.26. The highest BCUT2D eigenvalue weighted by Crippen LogP contribution is 2.31. The predicted molar refractivity (Wildman–Crippen MR) is 92.5 cm³/mol. The fourth-order valence-electron chi connectivity index (χ4n) is 3.04. The van der Waals surface area contributed by atoms with Gasteiger partial charge < -0.3 is 11.1 Å².